The van der Waals surface area contributed by atoms with Crippen molar-refractivity contribution < 1.29 is 13.2 Å². The molecule has 0 fully saturated rings. The van der Waals surface area contributed by atoms with Crippen LogP contribution < -0.4 is 10.0 Å². The van der Waals surface area contributed by atoms with Gasteiger partial charge in [0.25, 0.3) is 0 Å². The quantitative estimate of drug-likeness (QED) is 0.289. The van der Waals surface area contributed by atoms with E-state index in [9.17, 15) is 8.42 Å². The highest BCUT2D eigenvalue weighted by atomic mass is 32.2. The van der Waals surface area contributed by atoms with Crippen LogP contribution in [0, 0.1) is 6.92 Å². The van der Waals surface area contributed by atoms with Gasteiger partial charge in [0.1, 0.15) is 0 Å². The third-order valence-electron chi connectivity index (χ3n) is 6.61. The second kappa shape index (κ2) is 13.0. The normalized spacial score (nSPS) is 15.5. The van der Waals surface area contributed by atoms with Crippen LogP contribution in [0.15, 0.2) is 113 Å². The molecule has 1 aliphatic rings. The van der Waals surface area contributed by atoms with E-state index in [0.717, 1.165) is 29.5 Å². The first-order chi connectivity index (χ1) is 17.9. The fraction of sp³-hybridized carbons (Fsp3) is 0.290. The molecule has 1 aliphatic carbocycles. The van der Waals surface area contributed by atoms with Crippen LogP contribution in [0.1, 0.15) is 48.5 Å². The molecule has 4 rings (SSSR count). The second-order valence-electron chi connectivity index (χ2n) is 9.56. The summed E-state index contributed by atoms with van der Waals surface area (Å²) in [6.07, 6.45) is 6.45. The van der Waals surface area contributed by atoms with E-state index >= 15 is 0 Å². The van der Waals surface area contributed by atoms with E-state index in [1.165, 1.54) is 11.1 Å². The Labute approximate surface area is 221 Å². The predicted octanol–water partition coefficient (Wildman–Crippen LogP) is 6.03. The van der Waals surface area contributed by atoms with Gasteiger partial charge in [-0.1, -0.05) is 96.1 Å². The van der Waals surface area contributed by atoms with Crippen LogP contribution in [-0.2, 0) is 14.8 Å². The van der Waals surface area contributed by atoms with Gasteiger partial charge in [0.15, 0.2) is 0 Å². The van der Waals surface area contributed by atoms with Gasteiger partial charge >= 0.3 is 0 Å². The van der Waals surface area contributed by atoms with Crippen molar-refractivity contribution in [1.29, 1.82) is 0 Å². The van der Waals surface area contributed by atoms with Crippen LogP contribution in [0.3, 0.4) is 0 Å². The summed E-state index contributed by atoms with van der Waals surface area (Å²) in [7, 11) is -3.77. The van der Waals surface area contributed by atoms with Gasteiger partial charge in [0.2, 0.25) is 10.0 Å². The van der Waals surface area contributed by atoms with Gasteiger partial charge in [-0.25, -0.2) is 13.1 Å². The van der Waals surface area contributed by atoms with Crippen molar-refractivity contribution in [3.05, 3.63) is 125 Å². The molecule has 0 amide bonds. The smallest absolute Gasteiger partial charge is 0.241 e. The van der Waals surface area contributed by atoms with Gasteiger partial charge in [-0.2, -0.15) is 0 Å². The standard InChI is InChI=1S/C31H36N2O3S/c1-24-13-17-26(18-14-24)23-36-22-21-32-30(27-9-5-3-6-10-27)31(28-11-7-4-8-12-28)33-37(34,35)29-19-15-25(2)16-20-29/h3-13,15-17,19-20,30-33H,14,18,21-23H2,1-2H3. The van der Waals surface area contributed by atoms with E-state index in [-0.39, 0.29) is 10.9 Å². The van der Waals surface area contributed by atoms with Crippen molar-refractivity contribution in [3.63, 3.8) is 0 Å². The molecule has 37 heavy (non-hydrogen) atoms. The number of allylic oxidation sites excluding steroid dienone is 3. The van der Waals surface area contributed by atoms with Crippen molar-refractivity contribution in [2.24, 2.45) is 0 Å². The molecule has 3 aromatic carbocycles. The molecule has 2 atom stereocenters. The molecule has 5 nitrogen and oxygen atoms in total. The molecule has 0 aliphatic heterocycles. The number of ether oxygens (including phenoxy) is 1. The summed E-state index contributed by atoms with van der Waals surface area (Å²) in [6, 6.07) is 25.8. The lowest BCUT2D eigenvalue weighted by Gasteiger charge is -2.30. The number of hydrogen-bond donors (Lipinski definition) is 2. The summed E-state index contributed by atoms with van der Waals surface area (Å²) in [5.74, 6) is 0. The van der Waals surface area contributed by atoms with Crippen molar-refractivity contribution >= 4 is 10.0 Å². The van der Waals surface area contributed by atoms with Gasteiger partial charge in [0, 0.05) is 6.54 Å². The minimum atomic E-state index is -3.77. The molecule has 2 N–H and O–H groups in total. The van der Waals surface area contributed by atoms with Gasteiger partial charge < -0.3 is 10.1 Å². The largest absolute Gasteiger partial charge is 0.376 e. The Morgan fingerprint density at radius 1 is 0.784 bits per heavy atom. The average molecular weight is 517 g/mol. The maximum absolute atomic E-state index is 13.5. The van der Waals surface area contributed by atoms with E-state index in [0.29, 0.717) is 19.8 Å². The number of hydrogen-bond acceptors (Lipinski definition) is 4. The molecule has 3 aromatic rings. The van der Waals surface area contributed by atoms with Gasteiger partial charge in [-0.3, -0.25) is 0 Å². The molecular weight excluding hydrogens is 480 g/mol. The predicted molar refractivity (Wildman–Crippen MR) is 150 cm³/mol. The number of aryl methyl sites for hydroxylation is 1. The molecule has 0 bridgehead atoms. The minimum Gasteiger partial charge on any atom is -0.376 e. The van der Waals surface area contributed by atoms with Crippen LogP contribution >= 0.6 is 0 Å². The van der Waals surface area contributed by atoms with E-state index in [1.54, 1.807) is 12.1 Å². The molecule has 0 saturated heterocycles. The van der Waals surface area contributed by atoms with E-state index in [1.807, 2.05) is 79.7 Å². The van der Waals surface area contributed by atoms with Crippen molar-refractivity contribution in [3.8, 4) is 0 Å². The van der Waals surface area contributed by atoms with E-state index in [4.69, 9.17) is 4.74 Å². The van der Waals surface area contributed by atoms with Gasteiger partial charge in [0.05, 0.1) is 30.2 Å². The first-order valence-electron chi connectivity index (χ1n) is 12.8. The molecular formula is C31H36N2O3S. The summed E-state index contributed by atoms with van der Waals surface area (Å²) in [4.78, 5) is 0.249. The highest BCUT2D eigenvalue weighted by molar-refractivity contribution is 7.89. The van der Waals surface area contributed by atoms with Gasteiger partial charge in [-0.05, 0) is 55.5 Å². The summed E-state index contributed by atoms with van der Waals surface area (Å²) in [5.41, 5.74) is 5.60. The molecule has 6 heteroatoms. The molecule has 194 valence electrons. The maximum Gasteiger partial charge on any atom is 0.241 e. The lowest BCUT2D eigenvalue weighted by Crippen LogP contribution is -2.39. The Kier molecular flexibility index (Phi) is 9.47. The number of nitrogens with one attached hydrogen (secondary N) is 2. The van der Waals surface area contributed by atoms with Crippen LogP contribution in [0.2, 0.25) is 0 Å². The first-order valence-corrected chi connectivity index (χ1v) is 14.3. The monoisotopic (exact) mass is 516 g/mol. The average Bonchev–Trinajstić information content (AvgIpc) is 2.92. The van der Waals surface area contributed by atoms with Crippen LogP contribution in [0.25, 0.3) is 0 Å². The molecule has 0 aromatic heterocycles. The zero-order chi connectivity index (χ0) is 26.1. The van der Waals surface area contributed by atoms with Crippen LogP contribution in [0.4, 0.5) is 0 Å². The van der Waals surface area contributed by atoms with Crippen LogP contribution in [-0.4, -0.2) is 28.2 Å². The fourth-order valence-electron chi connectivity index (χ4n) is 4.42. The molecule has 0 spiro atoms. The summed E-state index contributed by atoms with van der Waals surface area (Å²) >= 11 is 0. The Morgan fingerprint density at radius 2 is 1.41 bits per heavy atom. The SMILES string of the molecule is CC1=CC=C(COCCNC(c2ccccc2)C(NS(=O)(=O)c2ccc(C)cc2)c2ccccc2)CC1. The number of rotatable bonds is 12. The minimum absolute atomic E-state index is 0.249. The third kappa shape index (κ3) is 7.73. The molecule has 0 radical (unpaired) electrons. The maximum atomic E-state index is 13.5. The highest BCUT2D eigenvalue weighted by Crippen LogP contribution is 2.31. The number of benzene rings is 3. The third-order valence-corrected chi connectivity index (χ3v) is 8.06. The Morgan fingerprint density at radius 3 is 2.00 bits per heavy atom. The van der Waals surface area contributed by atoms with E-state index < -0.39 is 16.1 Å². The Hall–Kier alpha value is -3.03. The summed E-state index contributed by atoms with van der Waals surface area (Å²) in [5, 5.41) is 3.58. The van der Waals surface area contributed by atoms with Crippen molar-refractivity contribution in [1.82, 2.24) is 10.0 Å². The Bertz CT molecular complexity index is 1300. The van der Waals surface area contributed by atoms with Crippen molar-refractivity contribution in [2.75, 3.05) is 19.8 Å². The molecule has 0 saturated carbocycles. The van der Waals surface area contributed by atoms with Crippen LogP contribution in [0.5, 0.6) is 0 Å². The lowest BCUT2D eigenvalue weighted by molar-refractivity contribution is 0.151. The molecule has 2 unspecified atom stereocenters. The first kappa shape index (κ1) is 27.0. The topological polar surface area (TPSA) is 67.4 Å². The lowest BCUT2D eigenvalue weighted by atomic mass is 9.94. The summed E-state index contributed by atoms with van der Waals surface area (Å²) < 4.78 is 35.9. The zero-order valence-electron chi connectivity index (χ0n) is 21.6. The van der Waals surface area contributed by atoms with Crippen molar-refractivity contribution in [2.45, 2.75) is 43.7 Å². The van der Waals surface area contributed by atoms with E-state index in [2.05, 4.69) is 29.1 Å². The molecule has 0 heterocycles. The number of sulfonamides is 1. The summed E-state index contributed by atoms with van der Waals surface area (Å²) in [6.45, 7) is 5.81. The highest BCUT2D eigenvalue weighted by Gasteiger charge is 2.29. The zero-order valence-corrected chi connectivity index (χ0v) is 22.4. The fourth-order valence-corrected chi connectivity index (χ4v) is 5.66. The van der Waals surface area contributed by atoms with Gasteiger partial charge in [-0.15, -0.1) is 0 Å². The Balaban J connectivity index is 1.54. The second-order valence-corrected chi connectivity index (χ2v) is 11.3.